The summed E-state index contributed by atoms with van der Waals surface area (Å²) in [4.78, 5) is 2.43. The average molecular weight is 628 g/mol. The topological polar surface area (TPSA) is 16.4 Å². The van der Waals surface area contributed by atoms with Gasteiger partial charge in [0.25, 0.3) is 0 Å². The number of rotatable bonds is 4. The van der Waals surface area contributed by atoms with E-state index in [0.29, 0.717) is 0 Å². The van der Waals surface area contributed by atoms with E-state index in [0.717, 1.165) is 49.8 Å². The van der Waals surface area contributed by atoms with Crippen molar-refractivity contribution in [2.75, 3.05) is 4.90 Å². The van der Waals surface area contributed by atoms with Gasteiger partial charge in [0, 0.05) is 38.3 Å². The zero-order valence-corrected chi connectivity index (χ0v) is 27.4. The Balaban J connectivity index is 1.21. The summed E-state index contributed by atoms with van der Waals surface area (Å²) in [5, 5.41) is 7.03. The zero-order chi connectivity index (χ0) is 32.7. The van der Waals surface area contributed by atoms with E-state index in [9.17, 15) is 0 Å². The quantitative estimate of drug-likeness (QED) is 0.193. The second kappa shape index (κ2) is 10.4. The highest BCUT2D eigenvalue weighted by atomic mass is 16.3. The molecule has 9 aromatic rings. The van der Waals surface area contributed by atoms with Gasteiger partial charge < -0.3 is 9.32 Å². The molecule has 8 aromatic carbocycles. The summed E-state index contributed by atoms with van der Waals surface area (Å²) in [6, 6.07) is 59.6. The van der Waals surface area contributed by atoms with Crippen LogP contribution >= 0.6 is 0 Å². The third kappa shape index (κ3) is 4.20. The van der Waals surface area contributed by atoms with Crippen LogP contribution in [0.15, 0.2) is 168 Å². The first-order valence-corrected chi connectivity index (χ1v) is 17.0. The van der Waals surface area contributed by atoms with Crippen molar-refractivity contribution in [2.45, 2.75) is 19.3 Å². The Morgan fingerprint density at radius 1 is 0.449 bits per heavy atom. The highest BCUT2D eigenvalue weighted by Crippen LogP contribution is 2.51. The van der Waals surface area contributed by atoms with Crippen LogP contribution < -0.4 is 4.90 Å². The SMILES string of the molecule is CC1(C)c2ccccc2-c2ccc(N(c3cccc(-c4ccc5ccccc5c4)c3)c3cccc4c3ccc3c5ccccc5oc43)cc21. The van der Waals surface area contributed by atoms with Gasteiger partial charge in [0.15, 0.2) is 0 Å². The molecule has 0 radical (unpaired) electrons. The van der Waals surface area contributed by atoms with Crippen LogP contribution in [-0.4, -0.2) is 0 Å². The summed E-state index contributed by atoms with van der Waals surface area (Å²) >= 11 is 0. The molecular weight excluding hydrogens is 595 g/mol. The monoisotopic (exact) mass is 627 g/mol. The second-order valence-corrected chi connectivity index (χ2v) is 13.8. The Morgan fingerprint density at radius 3 is 2.08 bits per heavy atom. The summed E-state index contributed by atoms with van der Waals surface area (Å²) in [6.07, 6.45) is 0. The van der Waals surface area contributed by atoms with Gasteiger partial charge in [-0.15, -0.1) is 0 Å². The van der Waals surface area contributed by atoms with Crippen molar-refractivity contribution in [1.82, 2.24) is 0 Å². The third-order valence-electron chi connectivity index (χ3n) is 10.6. The number of hydrogen-bond acceptors (Lipinski definition) is 2. The van der Waals surface area contributed by atoms with Gasteiger partial charge in [-0.3, -0.25) is 0 Å². The first-order valence-electron chi connectivity index (χ1n) is 17.0. The number of anilines is 3. The van der Waals surface area contributed by atoms with E-state index in [1.165, 1.54) is 44.2 Å². The molecule has 1 aliphatic rings. The minimum Gasteiger partial charge on any atom is -0.455 e. The number of para-hydroxylation sites is 1. The van der Waals surface area contributed by atoms with Crippen LogP contribution in [0, 0.1) is 0 Å². The van der Waals surface area contributed by atoms with Crippen LogP contribution in [0.2, 0.25) is 0 Å². The van der Waals surface area contributed by atoms with Gasteiger partial charge in [0.05, 0.1) is 5.69 Å². The summed E-state index contributed by atoms with van der Waals surface area (Å²) < 4.78 is 6.53. The number of nitrogens with zero attached hydrogens (tertiary/aromatic N) is 1. The lowest BCUT2D eigenvalue weighted by atomic mass is 9.82. The highest BCUT2D eigenvalue weighted by molar-refractivity contribution is 6.17. The number of benzene rings is 8. The lowest BCUT2D eigenvalue weighted by Crippen LogP contribution is -2.16. The normalized spacial score (nSPS) is 13.3. The van der Waals surface area contributed by atoms with Crippen molar-refractivity contribution in [2.24, 2.45) is 0 Å². The van der Waals surface area contributed by atoms with Crippen LogP contribution in [-0.2, 0) is 5.41 Å². The Kier molecular flexibility index (Phi) is 5.95. The van der Waals surface area contributed by atoms with Crippen LogP contribution in [0.5, 0.6) is 0 Å². The lowest BCUT2D eigenvalue weighted by molar-refractivity contribution is 0.660. The smallest absolute Gasteiger partial charge is 0.143 e. The molecule has 0 atom stereocenters. The predicted molar refractivity (Wildman–Crippen MR) is 206 cm³/mol. The molecule has 0 fully saturated rings. The molecule has 232 valence electrons. The molecule has 2 nitrogen and oxygen atoms in total. The van der Waals surface area contributed by atoms with Gasteiger partial charge in [-0.25, -0.2) is 0 Å². The summed E-state index contributed by atoms with van der Waals surface area (Å²) in [6.45, 7) is 4.70. The Morgan fingerprint density at radius 2 is 1.14 bits per heavy atom. The minimum atomic E-state index is -0.111. The molecular formula is C47H33NO. The van der Waals surface area contributed by atoms with Crippen molar-refractivity contribution in [3.05, 3.63) is 175 Å². The fraction of sp³-hybridized carbons (Fsp3) is 0.0638. The van der Waals surface area contributed by atoms with Crippen molar-refractivity contribution >= 4 is 60.5 Å². The number of hydrogen-bond donors (Lipinski definition) is 0. The third-order valence-corrected chi connectivity index (χ3v) is 10.6. The van der Waals surface area contributed by atoms with E-state index in [1.807, 2.05) is 6.07 Å². The molecule has 0 aliphatic heterocycles. The number of fused-ring (bicyclic) bond motifs is 9. The van der Waals surface area contributed by atoms with Gasteiger partial charge in [-0.05, 0) is 92.7 Å². The molecule has 0 spiro atoms. The van der Waals surface area contributed by atoms with E-state index in [2.05, 4.69) is 176 Å². The Bertz CT molecular complexity index is 2770. The molecule has 49 heavy (non-hydrogen) atoms. The van der Waals surface area contributed by atoms with Gasteiger partial charge in [0.2, 0.25) is 0 Å². The van der Waals surface area contributed by atoms with E-state index < -0.39 is 0 Å². The fourth-order valence-corrected chi connectivity index (χ4v) is 8.17. The summed E-state index contributed by atoms with van der Waals surface area (Å²) in [7, 11) is 0. The zero-order valence-electron chi connectivity index (χ0n) is 27.4. The minimum absolute atomic E-state index is 0.111. The molecule has 1 aromatic heterocycles. The van der Waals surface area contributed by atoms with Gasteiger partial charge >= 0.3 is 0 Å². The fourth-order valence-electron chi connectivity index (χ4n) is 8.17. The van der Waals surface area contributed by atoms with Crippen molar-refractivity contribution in [3.8, 4) is 22.3 Å². The summed E-state index contributed by atoms with van der Waals surface area (Å²) in [5.74, 6) is 0. The first kappa shape index (κ1) is 27.9. The maximum Gasteiger partial charge on any atom is 0.143 e. The maximum absolute atomic E-state index is 6.53. The van der Waals surface area contributed by atoms with Crippen molar-refractivity contribution < 1.29 is 4.42 Å². The lowest BCUT2D eigenvalue weighted by Gasteiger charge is -2.29. The molecule has 0 unspecified atom stereocenters. The van der Waals surface area contributed by atoms with E-state index in [1.54, 1.807) is 0 Å². The van der Waals surface area contributed by atoms with Crippen LogP contribution in [0.3, 0.4) is 0 Å². The first-order chi connectivity index (χ1) is 24.0. The standard InChI is InChI=1S/C47H33NO/c1-47(2)42-18-7-5-15-36(42)37-24-23-35(29-43(37)47)48(34-14-9-13-32(28-34)33-22-21-30-11-3-4-12-31(30)27-33)44-19-10-17-40-38(44)25-26-41-39-16-6-8-20-45(39)49-46(40)41/h3-29H,1-2H3. The molecule has 1 aliphatic carbocycles. The van der Waals surface area contributed by atoms with Crippen molar-refractivity contribution in [1.29, 1.82) is 0 Å². The molecule has 1 heterocycles. The molecule has 0 saturated carbocycles. The molecule has 10 rings (SSSR count). The highest BCUT2D eigenvalue weighted by Gasteiger charge is 2.35. The van der Waals surface area contributed by atoms with E-state index >= 15 is 0 Å². The van der Waals surface area contributed by atoms with Crippen LogP contribution in [0.25, 0.3) is 65.7 Å². The van der Waals surface area contributed by atoms with Crippen molar-refractivity contribution in [3.63, 3.8) is 0 Å². The maximum atomic E-state index is 6.53. The number of furan rings is 1. The molecule has 0 bridgehead atoms. The average Bonchev–Trinajstić information content (AvgIpc) is 3.64. The van der Waals surface area contributed by atoms with Crippen LogP contribution in [0.4, 0.5) is 17.1 Å². The molecule has 0 N–H and O–H groups in total. The molecule has 0 saturated heterocycles. The van der Waals surface area contributed by atoms with Gasteiger partial charge in [0.1, 0.15) is 11.2 Å². The molecule has 2 heteroatoms. The largest absolute Gasteiger partial charge is 0.455 e. The molecule has 0 amide bonds. The van der Waals surface area contributed by atoms with E-state index in [4.69, 9.17) is 4.42 Å². The van der Waals surface area contributed by atoms with Gasteiger partial charge in [-0.2, -0.15) is 0 Å². The van der Waals surface area contributed by atoms with E-state index in [-0.39, 0.29) is 5.41 Å². The Labute approximate surface area is 285 Å². The predicted octanol–water partition coefficient (Wildman–Crippen LogP) is 13.3. The van der Waals surface area contributed by atoms with Crippen LogP contribution in [0.1, 0.15) is 25.0 Å². The van der Waals surface area contributed by atoms with Gasteiger partial charge in [-0.1, -0.05) is 129 Å². The summed E-state index contributed by atoms with van der Waals surface area (Å²) in [5.41, 5.74) is 12.8. The second-order valence-electron chi connectivity index (χ2n) is 13.8. The Hall–Kier alpha value is -6.12.